The molecule has 0 spiro atoms. The molecule has 1 saturated heterocycles. The van der Waals surface area contributed by atoms with E-state index in [1.165, 1.54) is 0 Å². The summed E-state index contributed by atoms with van der Waals surface area (Å²) in [7, 11) is 0. The monoisotopic (exact) mass is 136 g/mol. The minimum absolute atomic E-state index is 0.0876. The van der Waals surface area contributed by atoms with Crippen LogP contribution in [0.2, 0.25) is 0 Å². The van der Waals surface area contributed by atoms with Crippen molar-refractivity contribution < 1.29 is 12.6 Å². The molecule has 8 heavy (non-hydrogen) atoms. The lowest BCUT2D eigenvalue weighted by Crippen LogP contribution is -2.21. The first kappa shape index (κ1) is 6.19. The van der Waals surface area contributed by atoms with Crippen molar-refractivity contribution in [1.29, 1.82) is 0 Å². The van der Waals surface area contributed by atoms with Crippen molar-refractivity contribution in [2.24, 2.45) is 0 Å². The minimum atomic E-state index is -1.47. The van der Waals surface area contributed by atoms with Gasteiger partial charge in [0.15, 0.2) is 0 Å². The van der Waals surface area contributed by atoms with E-state index in [2.05, 4.69) is 4.18 Å². The first-order valence-corrected chi connectivity index (χ1v) is 3.51. The molecule has 48 valence electrons. The fourth-order valence-electron chi connectivity index (χ4n) is 0.492. The highest BCUT2D eigenvalue weighted by molar-refractivity contribution is 7.75. The number of hydrogen-bond donors (Lipinski definition) is 0. The largest absolute Gasteiger partial charge is 0.304 e. The summed E-state index contributed by atoms with van der Waals surface area (Å²) in [6, 6.07) is 0. The zero-order chi connectivity index (χ0) is 5.98. The van der Waals surface area contributed by atoms with Gasteiger partial charge in [-0.2, -0.15) is 4.21 Å². The Balaban J connectivity index is 2.34. The van der Waals surface area contributed by atoms with Crippen molar-refractivity contribution in [3.05, 3.63) is 0 Å². The average Bonchev–Trinajstić information content (AvgIpc) is 1.64. The smallest absolute Gasteiger partial charge is 0.268 e. The molecular formula is C4H8O3S. The van der Waals surface area contributed by atoms with E-state index in [1.54, 1.807) is 0 Å². The predicted molar refractivity (Wildman–Crippen MR) is 29.3 cm³/mol. The summed E-state index contributed by atoms with van der Waals surface area (Å²) >= 11 is -1.47. The second kappa shape index (κ2) is 2.57. The zero-order valence-corrected chi connectivity index (χ0v) is 5.44. The van der Waals surface area contributed by atoms with Crippen molar-refractivity contribution in [1.82, 2.24) is 0 Å². The Morgan fingerprint density at radius 1 is 1.75 bits per heavy atom. The van der Waals surface area contributed by atoms with E-state index in [0.717, 1.165) is 6.42 Å². The molecule has 0 aromatic rings. The molecule has 1 rings (SSSR count). The maximum atomic E-state index is 10.3. The maximum Gasteiger partial charge on any atom is 0.304 e. The molecule has 0 aromatic heterocycles. The molecule has 1 heterocycles. The fourth-order valence-corrected chi connectivity index (χ4v) is 1.14. The van der Waals surface area contributed by atoms with Gasteiger partial charge in [-0.15, -0.1) is 0 Å². The van der Waals surface area contributed by atoms with E-state index in [0.29, 0.717) is 6.61 Å². The first-order valence-electron chi connectivity index (χ1n) is 2.51. The molecule has 2 atom stereocenters. The lowest BCUT2D eigenvalue weighted by atomic mass is 10.3. The molecule has 3 nitrogen and oxygen atoms in total. The molecule has 0 aromatic carbocycles. The van der Waals surface area contributed by atoms with E-state index in [-0.39, 0.29) is 6.10 Å². The quantitative estimate of drug-likeness (QED) is 0.483. The van der Waals surface area contributed by atoms with Gasteiger partial charge >= 0.3 is 11.4 Å². The molecular weight excluding hydrogens is 128 g/mol. The Kier molecular flexibility index (Phi) is 1.99. The van der Waals surface area contributed by atoms with Gasteiger partial charge in [0, 0.05) is 0 Å². The van der Waals surface area contributed by atoms with Gasteiger partial charge < -0.3 is 0 Å². The molecule has 1 aliphatic rings. The molecule has 0 radical (unpaired) electrons. The molecule has 0 amide bonds. The summed E-state index contributed by atoms with van der Waals surface area (Å²) in [6.07, 6.45) is 0.927. The van der Waals surface area contributed by atoms with Gasteiger partial charge in [-0.1, -0.05) is 0 Å². The first-order chi connectivity index (χ1) is 3.79. The number of hydrogen-bond acceptors (Lipinski definition) is 3. The van der Waals surface area contributed by atoms with Crippen LogP contribution in [0.5, 0.6) is 0 Å². The lowest BCUT2D eigenvalue weighted by Gasteiger charge is -2.15. The summed E-state index contributed by atoms with van der Waals surface area (Å²) in [6.45, 7) is 2.42. The van der Waals surface area contributed by atoms with Crippen molar-refractivity contribution in [3.8, 4) is 0 Å². The van der Waals surface area contributed by atoms with Gasteiger partial charge in [0.2, 0.25) is 0 Å². The van der Waals surface area contributed by atoms with Crippen LogP contribution in [0.3, 0.4) is 0 Å². The van der Waals surface area contributed by atoms with E-state index < -0.39 is 11.4 Å². The zero-order valence-electron chi connectivity index (χ0n) is 4.62. The van der Waals surface area contributed by atoms with Gasteiger partial charge in [0.1, 0.15) is 0 Å². The van der Waals surface area contributed by atoms with Gasteiger partial charge in [-0.25, -0.2) is 0 Å². The van der Waals surface area contributed by atoms with Gasteiger partial charge in [0.25, 0.3) is 0 Å². The minimum Gasteiger partial charge on any atom is -0.268 e. The van der Waals surface area contributed by atoms with Crippen LogP contribution in [0.25, 0.3) is 0 Å². The van der Waals surface area contributed by atoms with Crippen molar-refractivity contribution in [2.45, 2.75) is 19.4 Å². The third-order valence-electron chi connectivity index (χ3n) is 0.947. The van der Waals surface area contributed by atoms with Crippen LogP contribution in [-0.2, 0) is 19.7 Å². The highest BCUT2D eigenvalue weighted by Crippen LogP contribution is 2.08. The Hall–Kier alpha value is 0.0700. The van der Waals surface area contributed by atoms with Crippen LogP contribution in [0.4, 0.5) is 0 Å². The third-order valence-corrected chi connectivity index (χ3v) is 1.79. The van der Waals surface area contributed by atoms with Crippen LogP contribution in [0, 0.1) is 0 Å². The second-order valence-electron chi connectivity index (χ2n) is 1.72. The fraction of sp³-hybridized carbons (Fsp3) is 1.00. The summed E-state index contributed by atoms with van der Waals surface area (Å²) < 4.78 is 19.7. The van der Waals surface area contributed by atoms with Crippen LogP contribution in [-0.4, -0.2) is 16.9 Å². The van der Waals surface area contributed by atoms with Crippen molar-refractivity contribution >= 4 is 11.4 Å². The predicted octanol–water partition coefficient (Wildman–Crippen LogP) is 0.391. The average molecular weight is 136 g/mol. The second-order valence-corrected chi connectivity index (χ2v) is 2.56. The molecule has 0 N–H and O–H groups in total. The molecule has 0 bridgehead atoms. The Bertz CT molecular complexity index is 103. The maximum absolute atomic E-state index is 10.3. The summed E-state index contributed by atoms with van der Waals surface area (Å²) in [5.41, 5.74) is 0. The van der Waals surface area contributed by atoms with Crippen LogP contribution >= 0.6 is 0 Å². The van der Waals surface area contributed by atoms with Gasteiger partial charge in [-0.05, 0) is 13.3 Å². The SMILES string of the molecule is C[C@@H]1CCOS(=O)O1. The number of rotatable bonds is 0. The lowest BCUT2D eigenvalue weighted by molar-refractivity contribution is 0.125. The van der Waals surface area contributed by atoms with E-state index >= 15 is 0 Å². The van der Waals surface area contributed by atoms with Gasteiger partial charge in [0.05, 0.1) is 12.7 Å². The highest BCUT2D eigenvalue weighted by Gasteiger charge is 2.14. The third kappa shape index (κ3) is 1.54. The highest BCUT2D eigenvalue weighted by atomic mass is 32.2. The molecule has 0 saturated carbocycles. The van der Waals surface area contributed by atoms with Crippen molar-refractivity contribution in [3.63, 3.8) is 0 Å². The summed E-state index contributed by atoms with van der Waals surface area (Å²) in [5.74, 6) is 0. The van der Waals surface area contributed by atoms with E-state index in [1.807, 2.05) is 6.92 Å². The molecule has 1 aliphatic heterocycles. The molecule has 1 fully saturated rings. The van der Waals surface area contributed by atoms with Crippen LogP contribution in [0.1, 0.15) is 13.3 Å². The Morgan fingerprint density at radius 3 is 2.88 bits per heavy atom. The Morgan fingerprint density at radius 2 is 2.50 bits per heavy atom. The molecule has 4 heteroatoms. The van der Waals surface area contributed by atoms with E-state index in [9.17, 15) is 4.21 Å². The molecule has 0 aliphatic carbocycles. The normalized spacial score (nSPS) is 39.6. The van der Waals surface area contributed by atoms with Crippen LogP contribution in [0.15, 0.2) is 0 Å². The van der Waals surface area contributed by atoms with E-state index in [4.69, 9.17) is 4.18 Å². The topological polar surface area (TPSA) is 35.5 Å². The summed E-state index contributed by atoms with van der Waals surface area (Å²) in [4.78, 5) is 0. The standard InChI is InChI=1S/C4H8O3S/c1-4-2-3-6-8(5)7-4/h4H,2-3H2,1H3/t4-,8?/m1/s1. The van der Waals surface area contributed by atoms with Crippen molar-refractivity contribution in [2.75, 3.05) is 6.61 Å². The summed E-state index contributed by atoms with van der Waals surface area (Å²) in [5, 5.41) is 0. The molecule has 1 unspecified atom stereocenters. The van der Waals surface area contributed by atoms with Gasteiger partial charge in [-0.3, -0.25) is 8.37 Å². The Labute approximate surface area is 50.8 Å². The van der Waals surface area contributed by atoms with Crippen LogP contribution < -0.4 is 0 Å².